The molecule has 0 aliphatic carbocycles. The van der Waals surface area contributed by atoms with Crippen LogP contribution in [0.1, 0.15) is 40.0 Å². The number of hydrogen-bond donors (Lipinski definition) is 3. The molecule has 0 saturated carbocycles. The van der Waals surface area contributed by atoms with Gasteiger partial charge in [0.25, 0.3) is 0 Å². The third kappa shape index (κ3) is 3.59. The summed E-state index contributed by atoms with van der Waals surface area (Å²) < 4.78 is 0. The van der Waals surface area contributed by atoms with Crippen LogP contribution in [0.5, 0.6) is 0 Å². The van der Waals surface area contributed by atoms with Gasteiger partial charge in [-0.2, -0.15) is 0 Å². The Kier molecular flexibility index (Phi) is 5.60. The molecule has 0 aromatic heterocycles. The summed E-state index contributed by atoms with van der Waals surface area (Å²) in [6, 6.07) is 0.151. The van der Waals surface area contributed by atoms with E-state index in [1.807, 2.05) is 6.92 Å². The van der Waals surface area contributed by atoms with E-state index < -0.39 is 5.41 Å². The van der Waals surface area contributed by atoms with Crippen LogP contribution in [0.4, 0.5) is 0 Å². The third-order valence-corrected chi connectivity index (χ3v) is 4.17. The number of rotatable bonds is 5. The number of piperidine rings is 1. The van der Waals surface area contributed by atoms with Gasteiger partial charge in [-0.15, -0.1) is 0 Å². The van der Waals surface area contributed by atoms with Crippen molar-refractivity contribution >= 4 is 11.7 Å². The van der Waals surface area contributed by atoms with Crippen LogP contribution in [-0.4, -0.2) is 47.5 Å². The summed E-state index contributed by atoms with van der Waals surface area (Å²) in [7, 11) is 0. The Hall–Kier alpha value is -1.30. The summed E-state index contributed by atoms with van der Waals surface area (Å²) in [5, 5.41) is 14.8. The van der Waals surface area contributed by atoms with Gasteiger partial charge in [0.15, 0.2) is 5.84 Å². The Bertz CT molecular complexity index is 346. The minimum atomic E-state index is -0.941. The van der Waals surface area contributed by atoms with Crippen molar-refractivity contribution in [2.45, 2.75) is 46.1 Å². The van der Waals surface area contributed by atoms with Gasteiger partial charge in [-0.3, -0.25) is 4.79 Å². The first kappa shape index (κ1) is 15.8. The average molecular weight is 270 g/mol. The van der Waals surface area contributed by atoms with E-state index in [-0.39, 0.29) is 17.8 Å². The number of amidine groups is 1. The summed E-state index contributed by atoms with van der Waals surface area (Å²) in [6.45, 7) is 8.65. The number of nitrogens with one attached hydrogen (secondary N) is 1. The molecule has 6 heteroatoms. The normalized spacial score (nSPS) is 24.8. The first-order valence-electron chi connectivity index (χ1n) is 6.99. The lowest BCUT2D eigenvalue weighted by Crippen LogP contribution is -2.54. The lowest BCUT2D eigenvalue weighted by atomic mass is 9.84. The van der Waals surface area contributed by atoms with Crippen molar-refractivity contribution < 1.29 is 10.0 Å². The van der Waals surface area contributed by atoms with Crippen molar-refractivity contribution in [2.75, 3.05) is 19.6 Å². The predicted molar refractivity (Wildman–Crippen MR) is 75.1 cm³/mol. The Balaban J connectivity index is 2.67. The van der Waals surface area contributed by atoms with E-state index in [0.717, 1.165) is 32.5 Å². The van der Waals surface area contributed by atoms with E-state index in [4.69, 9.17) is 10.9 Å². The van der Waals surface area contributed by atoms with Gasteiger partial charge in [-0.1, -0.05) is 19.0 Å². The molecule has 19 heavy (non-hydrogen) atoms. The zero-order chi connectivity index (χ0) is 14.5. The molecular weight excluding hydrogens is 244 g/mol. The number of carbonyl (C=O) groups is 1. The molecule has 0 spiro atoms. The van der Waals surface area contributed by atoms with Crippen molar-refractivity contribution in [1.82, 2.24) is 10.2 Å². The SMILES string of the molecule is CCN1CCCC(NC(=O)C(C)(CC)C(N)=NO)C1. The van der Waals surface area contributed by atoms with Crippen molar-refractivity contribution in [3.8, 4) is 0 Å². The molecule has 4 N–H and O–H groups in total. The fourth-order valence-electron chi connectivity index (χ4n) is 2.37. The van der Waals surface area contributed by atoms with E-state index in [9.17, 15) is 4.79 Å². The number of likely N-dealkylation sites (N-methyl/N-ethyl adjacent to an activating group) is 1. The highest BCUT2D eigenvalue weighted by molar-refractivity contribution is 6.06. The lowest BCUT2D eigenvalue weighted by Gasteiger charge is -2.34. The van der Waals surface area contributed by atoms with Crippen LogP contribution in [0, 0.1) is 5.41 Å². The highest BCUT2D eigenvalue weighted by atomic mass is 16.4. The van der Waals surface area contributed by atoms with Crippen molar-refractivity contribution in [2.24, 2.45) is 16.3 Å². The summed E-state index contributed by atoms with van der Waals surface area (Å²) in [4.78, 5) is 14.7. The van der Waals surface area contributed by atoms with Crippen LogP contribution in [0.2, 0.25) is 0 Å². The second kappa shape index (κ2) is 6.75. The summed E-state index contributed by atoms with van der Waals surface area (Å²) in [5.74, 6) is -0.191. The number of likely N-dealkylation sites (tertiary alicyclic amines) is 1. The van der Waals surface area contributed by atoms with Crippen LogP contribution >= 0.6 is 0 Å². The van der Waals surface area contributed by atoms with E-state index in [1.54, 1.807) is 6.92 Å². The maximum absolute atomic E-state index is 12.4. The van der Waals surface area contributed by atoms with Crippen LogP contribution in [0.15, 0.2) is 5.16 Å². The topological polar surface area (TPSA) is 91.0 Å². The summed E-state index contributed by atoms with van der Waals surface area (Å²) >= 11 is 0. The second-order valence-electron chi connectivity index (χ2n) is 5.38. The van der Waals surface area contributed by atoms with Crippen molar-refractivity contribution in [1.29, 1.82) is 0 Å². The highest BCUT2D eigenvalue weighted by Crippen LogP contribution is 2.22. The molecule has 1 heterocycles. The zero-order valence-electron chi connectivity index (χ0n) is 12.1. The summed E-state index contributed by atoms with van der Waals surface area (Å²) in [5.41, 5.74) is 4.71. The highest BCUT2D eigenvalue weighted by Gasteiger charge is 2.37. The molecule has 1 amide bonds. The number of amides is 1. The standard InChI is InChI=1S/C13H26N4O2/c1-4-13(3,11(14)16-19)12(18)15-10-7-6-8-17(5-2)9-10/h10,19H,4-9H2,1-3H3,(H2,14,16)(H,15,18). The first-order valence-corrected chi connectivity index (χ1v) is 6.99. The molecule has 0 aromatic rings. The monoisotopic (exact) mass is 270 g/mol. The summed E-state index contributed by atoms with van der Waals surface area (Å²) in [6.07, 6.45) is 2.57. The van der Waals surface area contributed by atoms with Gasteiger partial charge < -0.3 is 21.2 Å². The van der Waals surface area contributed by atoms with Crippen LogP contribution < -0.4 is 11.1 Å². The van der Waals surface area contributed by atoms with Gasteiger partial charge >= 0.3 is 0 Å². The van der Waals surface area contributed by atoms with Crippen LogP contribution in [0.25, 0.3) is 0 Å². The molecule has 1 aliphatic heterocycles. The Morgan fingerprint density at radius 2 is 2.26 bits per heavy atom. The van der Waals surface area contributed by atoms with E-state index >= 15 is 0 Å². The van der Waals surface area contributed by atoms with Gasteiger partial charge in [0, 0.05) is 12.6 Å². The lowest BCUT2D eigenvalue weighted by molar-refractivity contribution is -0.128. The van der Waals surface area contributed by atoms with Crippen molar-refractivity contribution in [3.05, 3.63) is 0 Å². The number of hydrogen-bond acceptors (Lipinski definition) is 4. The van der Waals surface area contributed by atoms with Crippen LogP contribution in [0.3, 0.4) is 0 Å². The quantitative estimate of drug-likeness (QED) is 0.297. The minimum absolute atomic E-state index is 0.0318. The first-order chi connectivity index (χ1) is 8.97. The smallest absolute Gasteiger partial charge is 0.233 e. The molecule has 2 unspecified atom stereocenters. The molecule has 0 aromatic carbocycles. The number of nitrogens with two attached hydrogens (primary N) is 1. The Morgan fingerprint density at radius 1 is 1.58 bits per heavy atom. The van der Waals surface area contributed by atoms with Gasteiger partial charge in [0.2, 0.25) is 5.91 Å². The number of carbonyl (C=O) groups excluding carboxylic acids is 1. The van der Waals surface area contributed by atoms with Gasteiger partial charge in [-0.05, 0) is 39.3 Å². The average Bonchev–Trinajstić information content (AvgIpc) is 2.45. The fourth-order valence-corrected chi connectivity index (χ4v) is 2.37. The van der Waals surface area contributed by atoms with E-state index in [1.165, 1.54) is 0 Å². The van der Waals surface area contributed by atoms with Gasteiger partial charge in [0.1, 0.15) is 5.41 Å². The largest absolute Gasteiger partial charge is 0.409 e. The maximum atomic E-state index is 12.4. The van der Waals surface area contributed by atoms with Gasteiger partial charge in [-0.25, -0.2) is 0 Å². The van der Waals surface area contributed by atoms with E-state index in [2.05, 4.69) is 22.3 Å². The van der Waals surface area contributed by atoms with Gasteiger partial charge in [0.05, 0.1) is 0 Å². The minimum Gasteiger partial charge on any atom is -0.409 e. The van der Waals surface area contributed by atoms with E-state index in [0.29, 0.717) is 6.42 Å². The van der Waals surface area contributed by atoms with Crippen molar-refractivity contribution in [3.63, 3.8) is 0 Å². The molecule has 1 aliphatic rings. The second-order valence-corrected chi connectivity index (χ2v) is 5.38. The predicted octanol–water partition coefficient (Wildman–Crippen LogP) is 0.750. The molecule has 2 atom stereocenters. The molecule has 1 fully saturated rings. The molecule has 0 bridgehead atoms. The Morgan fingerprint density at radius 3 is 2.79 bits per heavy atom. The molecular formula is C13H26N4O2. The molecule has 1 rings (SSSR count). The molecule has 0 radical (unpaired) electrons. The third-order valence-electron chi connectivity index (χ3n) is 4.17. The zero-order valence-corrected chi connectivity index (χ0v) is 12.1. The molecule has 1 saturated heterocycles. The molecule has 110 valence electrons. The fraction of sp³-hybridized carbons (Fsp3) is 0.846. The Labute approximate surface area is 115 Å². The number of oxime groups is 1. The molecule has 6 nitrogen and oxygen atoms in total. The van der Waals surface area contributed by atoms with Crippen LogP contribution in [-0.2, 0) is 4.79 Å². The number of nitrogens with zero attached hydrogens (tertiary/aromatic N) is 2. The maximum Gasteiger partial charge on any atom is 0.233 e.